The highest BCUT2D eigenvalue weighted by molar-refractivity contribution is 5.51. The van der Waals surface area contributed by atoms with Crippen molar-refractivity contribution in [3.63, 3.8) is 0 Å². The molecule has 3 rings (SSSR count). The average molecular weight is 407 g/mol. The maximum absolute atomic E-state index is 14.3. The first-order chi connectivity index (χ1) is 13.1. The highest BCUT2D eigenvalue weighted by atomic mass is 19.4. The van der Waals surface area contributed by atoms with E-state index in [1.807, 2.05) is 0 Å². The van der Waals surface area contributed by atoms with Gasteiger partial charge >= 0.3 is 6.18 Å². The molecule has 0 fully saturated rings. The lowest BCUT2D eigenvalue weighted by Gasteiger charge is -2.38. The Kier molecular flexibility index (Phi) is 5.44. The van der Waals surface area contributed by atoms with Gasteiger partial charge in [0.25, 0.3) is 0 Å². The molecule has 2 aromatic rings. The monoisotopic (exact) mass is 407 g/mol. The van der Waals surface area contributed by atoms with Crippen LogP contribution in [-0.2, 0) is 24.1 Å². The summed E-state index contributed by atoms with van der Waals surface area (Å²) < 4.78 is 81.1. The van der Waals surface area contributed by atoms with Crippen LogP contribution in [0.4, 0.5) is 26.3 Å². The molecule has 28 heavy (non-hydrogen) atoms. The number of halogens is 6. The van der Waals surface area contributed by atoms with Crippen molar-refractivity contribution in [1.82, 2.24) is 19.7 Å². The Morgan fingerprint density at radius 3 is 2.43 bits per heavy atom. The van der Waals surface area contributed by atoms with Crippen molar-refractivity contribution in [1.29, 1.82) is 0 Å². The van der Waals surface area contributed by atoms with E-state index in [2.05, 4.69) is 10.2 Å². The molecule has 2 N–H and O–H groups in total. The number of benzene rings is 1. The third-order valence-corrected chi connectivity index (χ3v) is 4.56. The molecule has 2 unspecified atom stereocenters. The van der Waals surface area contributed by atoms with Crippen LogP contribution in [0.5, 0.6) is 0 Å². The minimum Gasteiger partial charge on any atom is -0.326 e. The van der Waals surface area contributed by atoms with Crippen molar-refractivity contribution < 1.29 is 31.1 Å². The van der Waals surface area contributed by atoms with Gasteiger partial charge in [0.15, 0.2) is 11.6 Å². The van der Waals surface area contributed by atoms with E-state index >= 15 is 0 Å². The lowest BCUT2D eigenvalue weighted by molar-refractivity contribution is -0.148. The van der Waals surface area contributed by atoms with E-state index in [1.54, 1.807) is 0 Å². The van der Waals surface area contributed by atoms with Crippen molar-refractivity contribution in [2.24, 2.45) is 5.73 Å². The molecule has 0 amide bonds. The summed E-state index contributed by atoms with van der Waals surface area (Å²) in [6.07, 6.45) is -4.42. The molecule has 152 valence electrons. The molecule has 1 aliphatic heterocycles. The first-order valence-electron chi connectivity index (χ1n) is 8.20. The van der Waals surface area contributed by atoms with Crippen molar-refractivity contribution in [3.8, 4) is 0 Å². The number of nitrogens with two attached hydrogens (primary N) is 1. The Morgan fingerprint density at radius 1 is 1.11 bits per heavy atom. The van der Waals surface area contributed by atoms with E-state index in [4.69, 9.17) is 5.73 Å². The summed E-state index contributed by atoms with van der Waals surface area (Å²) in [7, 11) is 0. The fourth-order valence-corrected chi connectivity index (χ4v) is 3.33. The number of alkyl halides is 3. The number of carbonyl (C=O) groups excluding carboxylic acids is 1. The van der Waals surface area contributed by atoms with Crippen LogP contribution in [0.2, 0.25) is 0 Å². The third kappa shape index (κ3) is 3.74. The number of rotatable bonds is 5. The standard InChI is InChI=1S/C16H15F6N5O/c17-9-6-11(19)10(18)5-8(9)14(12(23)1-4-28)26-2-3-27-13(7-26)24-25-15(27)16(20,21)22/h4-6,12,14H,1-3,7,23H2. The van der Waals surface area contributed by atoms with E-state index < -0.39 is 41.5 Å². The van der Waals surface area contributed by atoms with Crippen molar-refractivity contribution in [2.45, 2.75) is 37.8 Å². The zero-order chi connectivity index (χ0) is 20.6. The highest BCUT2D eigenvalue weighted by Crippen LogP contribution is 2.34. The molecular weight excluding hydrogens is 392 g/mol. The number of carbonyl (C=O) groups is 1. The fraction of sp³-hybridized carbons (Fsp3) is 0.438. The summed E-state index contributed by atoms with van der Waals surface area (Å²) in [6, 6.07) is -1.09. The number of aromatic nitrogens is 3. The number of nitrogens with zero attached hydrogens (tertiary/aromatic N) is 4. The van der Waals surface area contributed by atoms with Gasteiger partial charge < -0.3 is 15.1 Å². The molecule has 1 aromatic carbocycles. The largest absolute Gasteiger partial charge is 0.451 e. The quantitative estimate of drug-likeness (QED) is 0.467. The molecule has 1 aromatic heterocycles. The lowest BCUT2D eigenvalue weighted by atomic mass is 9.94. The van der Waals surface area contributed by atoms with E-state index in [0.717, 1.165) is 4.57 Å². The second-order valence-electron chi connectivity index (χ2n) is 6.36. The van der Waals surface area contributed by atoms with Gasteiger partial charge in [-0.2, -0.15) is 13.2 Å². The average Bonchev–Trinajstić information content (AvgIpc) is 3.03. The molecule has 1 aliphatic rings. The molecule has 0 saturated carbocycles. The van der Waals surface area contributed by atoms with Crippen molar-refractivity contribution in [3.05, 3.63) is 46.8 Å². The summed E-state index contributed by atoms with van der Waals surface area (Å²) in [5.41, 5.74) is 5.67. The molecule has 12 heteroatoms. The Bertz CT molecular complexity index is 883. The first-order valence-corrected chi connectivity index (χ1v) is 8.20. The Hall–Kier alpha value is -2.47. The molecule has 0 spiro atoms. The molecule has 2 atom stereocenters. The third-order valence-electron chi connectivity index (χ3n) is 4.56. The summed E-state index contributed by atoms with van der Waals surface area (Å²) in [4.78, 5) is 12.3. The topological polar surface area (TPSA) is 77.0 Å². The number of aldehydes is 1. The lowest BCUT2D eigenvalue weighted by Crippen LogP contribution is -2.45. The van der Waals surface area contributed by atoms with E-state index in [0.29, 0.717) is 18.4 Å². The summed E-state index contributed by atoms with van der Waals surface area (Å²) in [6.45, 7) is -0.394. The fourth-order valence-electron chi connectivity index (χ4n) is 3.33. The Balaban J connectivity index is 1.98. The van der Waals surface area contributed by atoms with Crippen LogP contribution in [0.1, 0.15) is 29.7 Å². The predicted octanol–water partition coefficient (Wildman–Crippen LogP) is 2.19. The van der Waals surface area contributed by atoms with Crippen LogP contribution in [0.15, 0.2) is 12.1 Å². The van der Waals surface area contributed by atoms with Gasteiger partial charge in [0.2, 0.25) is 5.82 Å². The number of hydrogen-bond acceptors (Lipinski definition) is 5. The maximum Gasteiger partial charge on any atom is 0.451 e. The maximum atomic E-state index is 14.3. The summed E-state index contributed by atoms with van der Waals surface area (Å²) in [5.74, 6) is -4.97. The van der Waals surface area contributed by atoms with Crippen LogP contribution in [-0.4, -0.2) is 38.5 Å². The van der Waals surface area contributed by atoms with Gasteiger partial charge in [-0.25, -0.2) is 13.2 Å². The summed E-state index contributed by atoms with van der Waals surface area (Å²) >= 11 is 0. The number of hydrogen-bond donors (Lipinski definition) is 1. The molecular formula is C16H15F6N5O. The van der Waals surface area contributed by atoms with Crippen LogP contribution in [0, 0.1) is 17.5 Å². The van der Waals surface area contributed by atoms with E-state index in [-0.39, 0.29) is 37.4 Å². The molecule has 0 saturated heterocycles. The van der Waals surface area contributed by atoms with E-state index in [9.17, 15) is 31.1 Å². The van der Waals surface area contributed by atoms with Gasteiger partial charge in [0.1, 0.15) is 17.9 Å². The minimum atomic E-state index is -4.69. The molecule has 0 bridgehead atoms. The zero-order valence-corrected chi connectivity index (χ0v) is 14.3. The van der Waals surface area contributed by atoms with Gasteiger partial charge in [0, 0.05) is 37.2 Å². The van der Waals surface area contributed by atoms with Crippen molar-refractivity contribution >= 4 is 6.29 Å². The van der Waals surface area contributed by atoms with Gasteiger partial charge in [-0.3, -0.25) is 4.90 Å². The van der Waals surface area contributed by atoms with Crippen molar-refractivity contribution in [2.75, 3.05) is 6.54 Å². The highest BCUT2D eigenvalue weighted by Gasteiger charge is 2.41. The van der Waals surface area contributed by atoms with Crippen LogP contribution >= 0.6 is 0 Å². The Morgan fingerprint density at radius 2 is 1.79 bits per heavy atom. The molecule has 0 radical (unpaired) electrons. The SMILES string of the molecule is NC(CC=O)C(c1cc(F)c(F)cc1F)N1CCn2c(nnc2C(F)(F)F)C1. The Labute approximate surface area is 154 Å². The predicted molar refractivity (Wildman–Crippen MR) is 83.1 cm³/mol. The smallest absolute Gasteiger partial charge is 0.326 e. The van der Waals surface area contributed by atoms with E-state index in [1.165, 1.54) is 4.90 Å². The number of fused-ring (bicyclic) bond motifs is 1. The van der Waals surface area contributed by atoms with Crippen LogP contribution < -0.4 is 5.73 Å². The minimum absolute atomic E-state index is 0.0240. The molecule has 6 nitrogen and oxygen atoms in total. The zero-order valence-electron chi connectivity index (χ0n) is 14.3. The van der Waals surface area contributed by atoms with Crippen LogP contribution in [0.25, 0.3) is 0 Å². The second kappa shape index (κ2) is 7.51. The van der Waals surface area contributed by atoms with Gasteiger partial charge in [-0.05, 0) is 6.07 Å². The normalized spacial score (nSPS) is 17.2. The van der Waals surface area contributed by atoms with Gasteiger partial charge in [-0.1, -0.05) is 0 Å². The second-order valence-corrected chi connectivity index (χ2v) is 6.36. The van der Waals surface area contributed by atoms with Gasteiger partial charge in [0.05, 0.1) is 12.6 Å². The molecule has 0 aliphatic carbocycles. The molecule has 2 heterocycles. The first kappa shape index (κ1) is 20.3. The summed E-state index contributed by atoms with van der Waals surface area (Å²) in [5, 5.41) is 6.67. The van der Waals surface area contributed by atoms with Crippen LogP contribution in [0.3, 0.4) is 0 Å². The van der Waals surface area contributed by atoms with Gasteiger partial charge in [-0.15, -0.1) is 10.2 Å².